The molecule has 0 saturated heterocycles. The molecule has 0 saturated carbocycles. The second kappa shape index (κ2) is 5.78. The molecule has 0 unspecified atom stereocenters. The van der Waals surface area contributed by atoms with E-state index in [1.54, 1.807) is 12.2 Å². The molecule has 0 radical (unpaired) electrons. The zero-order valence-corrected chi connectivity index (χ0v) is 6.08. The van der Waals surface area contributed by atoms with E-state index in [4.69, 9.17) is 9.90 Å². The Hall–Kier alpha value is -1.98. The van der Waals surface area contributed by atoms with Gasteiger partial charge in [0.2, 0.25) is 6.41 Å². The summed E-state index contributed by atoms with van der Waals surface area (Å²) in [6.07, 6.45) is 4.88. The lowest BCUT2D eigenvalue weighted by Gasteiger charge is -2.12. The Balaban J connectivity index is 0.000000354. The van der Waals surface area contributed by atoms with Crippen molar-refractivity contribution < 1.29 is 19.5 Å². The quantitative estimate of drug-likeness (QED) is 0.504. The maximum absolute atomic E-state index is 10.1. The van der Waals surface area contributed by atoms with Gasteiger partial charge in [-0.2, -0.15) is 0 Å². The van der Waals surface area contributed by atoms with E-state index in [2.05, 4.69) is 10.6 Å². The molecule has 0 aromatic rings. The summed E-state index contributed by atoms with van der Waals surface area (Å²) in [7, 11) is 0. The Morgan fingerprint density at radius 1 is 1.58 bits per heavy atom. The molecule has 0 aromatic heterocycles. The normalized spacial score (nSPS) is 12.5. The maximum Gasteiger partial charge on any atom is 0.445 e. The average molecular weight is 172 g/mol. The number of nitrogens with two attached hydrogens (primary N) is 1. The molecule has 0 fully saturated rings. The summed E-state index contributed by atoms with van der Waals surface area (Å²) in [6, 6.07) is 0. The number of amides is 2. The second-order valence-corrected chi connectivity index (χ2v) is 1.52. The lowest BCUT2D eigenvalue weighted by Crippen LogP contribution is -2.22. The van der Waals surface area contributed by atoms with Gasteiger partial charge in [0.05, 0.1) is 6.20 Å². The third-order valence-corrected chi connectivity index (χ3v) is 0.774. The first-order chi connectivity index (χ1) is 5.72. The Kier molecular flexibility index (Phi) is 4.83. The van der Waals surface area contributed by atoms with Gasteiger partial charge in [0, 0.05) is 0 Å². The summed E-state index contributed by atoms with van der Waals surface area (Å²) in [5.74, 6) is 0. The van der Waals surface area contributed by atoms with Gasteiger partial charge in [-0.1, -0.05) is 0 Å². The van der Waals surface area contributed by atoms with Crippen molar-refractivity contribution in [3.8, 4) is 0 Å². The van der Waals surface area contributed by atoms with Crippen molar-refractivity contribution >= 4 is 12.5 Å². The van der Waals surface area contributed by atoms with Crippen molar-refractivity contribution in [2.24, 2.45) is 5.73 Å². The molecular formula is C6H8N2O4. The molecular weight excluding hydrogens is 164 g/mol. The van der Waals surface area contributed by atoms with Gasteiger partial charge in [0.15, 0.2) is 0 Å². The van der Waals surface area contributed by atoms with E-state index in [0.717, 1.165) is 0 Å². The van der Waals surface area contributed by atoms with E-state index in [1.807, 2.05) is 0 Å². The maximum atomic E-state index is 10.1. The fourth-order valence-electron chi connectivity index (χ4n) is 0.418. The van der Waals surface area contributed by atoms with E-state index in [1.165, 1.54) is 12.5 Å². The van der Waals surface area contributed by atoms with Crippen LogP contribution in [0.25, 0.3) is 0 Å². The lowest BCUT2D eigenvalue weighted by atomic mass is 10.5. The van der Waals surface area contributed by atoms with Gasteiger partial charge in [-0.25, -0.2) is 4.79 Å². The van der Waals surface area contributed by atoms with Crippen molar-refractivity contribution in [3.05, 3.63) is 24.6 Å². The summed E-state index contributed by atoms with van der Waals surface area (Å²) < 4.78 is 0. The van der Waals surface area contributed by atoms with Gasteiger partial charge in [0.25, 0.3) is 0 Å². The van der Waals surface area contributed by atoms with E-state index in [-0.39, 0.29) is 6.41 Å². The molecule has 6 heteroatoms. The van der Waals surface area contributed by atoms with Crippen LogP contribution in [0.3, 0.4) is 0 Å². The molecule has 1 heterocycles. The molecule has 66 valence electrons. The van der Waals surface area contributed by atoms with Crippen LogP contribution in [0.15, 0.2) is 24.6 Å². The van der Waals surface area contributed by atoms with Crippen LogP contribution in [0.1, 0.15) is 0 Å². The molecule has 3 N–H and O–H groups in total. The van der Waals surface area contributed by atoms with Crippen LogP contribution in [0.2, 0.25) is 0 Å². The van der Waals surface area contributed by atoms with Crippen LogP contribution < -0.4 is 5.73 Å². The summed E-state index contributed by atoms with van der Waals surface area (Å²) in [4.78, 5) is 23.2. The number of allylic oxidation sites excluding steroid dienone is 2. The van der Waals surface area contributed by atoms with Gasteiger partial charge < -0.3 is 15.7 Å². The minimum Gasteiger partial charge on any atom is -0.463 e. The summed E-state index contributed by atoms with van der Waals surface area (Å²) >= 11 is 0. The molecule has 1 aliphatic heterocycles. The predicted molar refractivity (Wildman–Crippen MR) is 39.5 cm³/mol. The number of carboxylic acid groups (broad SMARTS) is 1. The Labute approximate surface area is 68.5 Å². The SMILES string of the molecule is NC=O.O=C(O)N1C=CC=CO1. The molecule has 2 amide bonds. The first-order valence-electron chi connectivity index (χ1n) is 2.90. The van der Waals surface area contributed by atoms with Crippen LogP contribution in [-0.4, -0.2) is 22.7 Å². The third-order valence-electron chi connectivity index (χ3n) is 0.774. The van der Waals surface area contributed by atoms with Crippen LogP contribution in [0.4, 0.5) is 4.79 Å². The minimum absolute atomic E-state index is 0.250. The number of rotatable bonds is 0. The topological polar surface area (TPSA) is 92.9 Å². The zero-order valence-electron chi connectivity index (χ0n) is 6.08. The number of nitrogens with zero attached hydrogens (tertiary/aromatic N) is 1. The largest absolute Gasteiger partial charge is 0.463 e. The summed E-state index contributed by atoms with van der Waals surface area (Å²) in [5.41, 5.74) is 4.17. The van der Waals surface area contributed by atoms with Crippen molar-refractivity contribution in [2.45, 2.75) is 0 Å². The zero-order chi connectivity index (χ0) is 9.40. The van der Waals surface area contributed by atoms with Crippen molar-refractivity contribution in [1.29, 1.82) is 0 Å². The van der Waals surface area contributed by atoms with Crippen LogP contribution in [0.5, 0.6) is 0 Å². The smallest absolute Gasteiger partial charge is 0.445 e. The highest BCUT2D eigenvalue weighted by Gasteiger charge is 2.07. The highest BCUT2D eigenvalue weighted by Crippen LogP contribution is 1.99. The first-order valence-corrected chi connectivity index (χ1v) is 2.90. The van der Waals surface area contributed by atoms with E-state index in [9.17, 15) is 4.79 Å². The fraction of sp³-hybridized carbons (Fsp3) is 0. The van der Waals surface area contributed by atoms with Gasteiger partial charge in [-0.15, -0.1) is 5.06 Å². The van der Waals surface area contributed by atoms with Crippen molar-refractivity contribution in [2.75, 3.05) is 0 Å². The molecule has 0 aromatic carbocycles. The molecule has 0 spiro atoms. The highest BCUT2D eigenvalue weighted by atomic mass is 16.7. The molecule has 12 heavy (non-hydrogen) atoms. The summed E-state index contributed by atoms with van der Waals surface area (Å²) in [5, 5.41) is 8.96. The van der Waals surface area contributed by atoms with E-state index < -0.39 is 6.09 Å². The third kappa shape index (κ3) is 3.94. The van der Waals surface area contributed by atoms with Crippen molar-refractivity contribution in [3.63, 3.8) is 0 Å². The molecule has 1 aliphatic rings. The number of hydrogen-bond acceptors (Lipinski definition) is 3. The first kappa shape index (κ1) is 10.0. The number of primary amides is 1. The lowest BCUT2D eigenvalue weighted by molar-refractivity contribution is -0.106. The molecule has 1 rings (SSSR count). The van der Waals surface area contributed by atoms with E-state index >= 15 is 0 Å². The summed E-state index contributed by atoms with van der Waals surface area (Å²) in [6.45, 7) is 0. The average Bonchev–Trinajstić information content (AvgIpc) is 2.07. The van der Waals surface area contributed by atoms with Crippen LogP contribution in [-0.2, 0) is 9.63 Å². The Bertz CT molecular complexity index is 212. The number of hydrogen-bond donors (Lipinski definition) is 2. The van der Waals surface area contributed by atoms with Crippen LogP contribution >= 0.6 is 0 Å². The number of hydroxylamine groups is 2. The van der Waals surface area contributed by atoms with Gasteiger partial charge in [-0.3, -0.25) is 4.79 Å². The Morgan fingerprint density at radius 3 is 2.42 bits per heavy atom. The number of carbonyl (C=O) groups is 2. The number of carbonyl (C=O) groups excluding carboxylic acids is 1. The molecule has 0 atom stereocenters. The molecule has 0 aliphatic carbocycles. The van der Waals surface area contributed by atoms with Gasteiger partial charge in [-0.05, 0) is 12.2 Å². The highest BCUT2D eigenvalue weighted by molar-refractivity contribution is 5.65. The minimum atomic E-state index is -1.13. The van der Waals surface area contributed by atoms with Crippen molar-refractivity contribution in [1.82, 2.24) is 5.06 Å². The van der Waals surface area contributed by atoms with Crippen LogP contribution in [0, 0.1) is 0 Å². The molecule has 6 nitrogen and oxygen atoms in total. The predicted octanol–water partition coefficient (Wildman–Crippen LogP) is 0.0405. The second-order valence-electron chi connectivity index (χ2n) is 1.52. The van der Waals surface area contributed by atoms with E-state index in [0.29, 0.717) is 5.06 Å². The monoisotopic (exact) mass is 172 g/mol. The standard InChI is InChI=1S/C5H5NO3.CH3NO/c7-5(8)6-3-1-2-4-9-6;2-1-3/h1-4H,(H,7,8);1H,(H2,2,3). The molecule has 0 bridgehead atoms. The Morgan fingerprint density at radius 2 is 2.17 bits per heavy atom. The van der Waals surface area contributed by atoms with Gasteiger partial charge in [0.1, 0.15) is 6.26 Å². The fourth-order valence-corrected chi connectivity index (χ4v) is 0.418. The van der Waals surface area contributed by atoms with Gasteiger partial charge >= 0.3 is 6.09 Å².